The minimum atomic E-state index is -0.0721. The summed E-state index contributed by atoms with van der Waals surface area (Å²) in [7, 11) is 1.68. The third-order valence-corrected chi connectivity index (χ3v) is 1.28. The van der Waals surface area contributed by atoms with E-state index in [0.717, 1.165) is 13.0 Å². The van der Waals surface area contributed by atoms with Crippen molar-refractivity contribution in [3.8, 4) is 0 Å². The van der Waals surface area contributed by atoms with Crippen molar-refractivity contribution in [3.63, 3.8) is 0 Å². The average Bonchev–Trinajstić information content (AvgIpc) is 2.04. The van der Waals surface area contributed by atoms with Crippen molar-refractivity contribution < 1.29 is 5.11 Å². The quantitative estimate of drug-likeness (QED) is 0.276. The van der Waals surface area contributed by atoms with Gasteiger partial charge in [0.25, 0.3) is 0 Å². The van der Waals surface area contributed by atoms with Gasteiger partial charge in [-0.25, -0.2) is 0 Å². The molecule has 0 radical (unpaired) electrons. The van der Waals surface area contributed by atoms with E-state index in [4.69, 9.17) is 5.11 Å². The molecule has 0 saturated carbocycles. The van der Waals surface area contributed by atoms with Crippen molar-refractivity contribution >= 4 is 0 Å². The monoisotopic (exact) mass is 159 g/mol. The number of hydrogen-bond donors (Lipinski definition) is 1. The van der Waals surface area contributed by atoms with Gasteiger partial charge in [0.2, 0.25) is 0 Å². The minimum absolute atomic E-state index is 0.0721. The van der Waals surface area contributed by atoms with Gasteiger partial charge in [0.15, 0.2) is 0 Å². The first-order valence-corrected chi connectivity index (χ1v) is 4.00. The highest BCUT2D eigenvalue weighted by atomic mass is 16.3. The molecule has 0 fully saturated rings. The third kappa shape index (κ3) is 7.25. The molecule has 0 unspecified atom stereocenters. The summed E-state index contributed by atoms with van der Waals surface area (Å²) in [5.74, 6) is 0. The fourth-order valence-corrected chi connectivity index (χ4v) is 0.613. The summed E-state index contributed by atoms with van der Waals surface area (Å²) in [5.41, 5.74) is 0. The molecule has 0 rings (SSSR count). The van der Waals surface area contributed by atoms with E-state index in [2.05, 4.69) is 17.3 Å². The maximum absolute atomic E-state index is 8.51. The second-order valence-electron chi connectivity index (χ2n) is 2.46. The van der Waals surface area contributed by atoms with Gasteiger partial charge in [-0.15, -0.1) is 0 Å². The van der Waals surface area contributed by atoms with Crippen LogP contribution in [0.4, 0.5) is 0 Å². The molecule has 0 aliphatic carbocycles. The number of nitrogens with zero attached hydrogens (tertiary/aromatic N) is 3. The van der Waals surface area contributed by atoms with Crippen LogP contribution in [0, 0.1) is 0 Å². The van der Waals surface area contributed by atoms with Gasteiger partial charge in [-0.05, 0) is 6.42 Å². The van der Waals surface area contributed by atoms with Crippen LogP contribution in [-0.4, -0.2) is 30.4 Å². The predicted octanol–water partition coefficient (Wildman–Crippen LogP) is 1.43. The largest absolute Gasteiger partial charge is 0.375 e. The van der Waals surface area contributed by atoms with E-state index in [9.17, 15) is 0 Å². The molecule has 1 N–H and O–H groups in total. The van der Waals surface area contributed by atoms with Gasteiger partial charge < -0.3 is 5.11 Å². The first-order chi connectivity index (χ1) is 5.31. The Morgan fingerprint density at radius 2 is 2.09 bits per heavy atom. The molecule has 66 valence electrons. The fraction of sp³-hybridized carbons (Fsp3) is 1.00. The van der Waals surface area contributed by atoms with Crippen LogP contribution in [0.1, 0.15) is 26.2 Å². The summed E-state index contributed by atoms with van der Waals surface area (Å²) < 4.78 is 0. The van der Waals surface area contributed by atoms with Gasteiger partial charge in [-0.3, -0.25) is 5.01 Å². The maximum atomic E-state index is 8.51. The van der Waals surface area contributed by atoms with Gasteiger partial charge in [0.1, 0.15) is 6.73 Å². The highest BCUT2D eigenvalue weighted by molar-refractivity contribution is 4.40. The molecular weight excluding hydrogens is 142 g/mol. The Morgan fingerprint density at radius 3 is 2.64 bits per heavy atom. The Morgan fingerprint density at radius 1 is 1.36 bits per heavy atom. The molecule has 0 spiro atoms. The highest BCUT2D eigenvalue weighted by Crippen LogP contribution is 1.94. The van der Waals surface area contributed by atoms with Crippen LogP contribution in [0.2, 0.25) is 0 Å². The van der Waals surface area contributed by atoms with Gasteiger partial charge in [0.05, 0.1) is 6.54 Å². The van der Waals surface area contributed by atoms with E-state index >= 15 is 0 Å². The third-order valence-electron chi connectivity index (χ3n) is 1.28. The van der Waals surface area contributed by atoms with Crippen LogP contribution in [0.25, 0.3) is 0 Å². The summed E-state index contributed by atoms with van der Waals surface area (Å²) in [6.45, 7) is 2.84. The SMILES string of the molecule is CCCCC/N=N\N(C)CO. The van der Waals surface area contributed by atoms with Crippen molar-refractivity contribution in [2.75, 3.05) is 20.3 Å². The number of aliphatic hydroxyl groups excluding tert-OH is 1. The number of hydrogen-bond acceptors (Lipinski definition) is 3. The Hall–Kier alpha value is -0.640. The molecule has 0 saturated heterocycles. The molecule has 0 bridgehead atoms. The molecule has 0 heterocycles. The van der Waals surface area contributed by atoms with E-state index in [1.807, 2.05) is 0 Å². The number of rotatable bonds is 6. The lowest BCUT2D eigenvalue weighted by molar-refractivity contribution is 0.127. The molecule has 0 aliphatic rings. The molecule has 0 aliphatic heterocycles. The fourth-order valence-electron chi connectivity index (χ4n) is 0.613. The number of aliphatic hydroxyl groups is 1. The van der Waals surface area contributed by atoms with Gasteiger partial charge in [-0.2, -0.15) is 5.11 Å². The van der Waals surface area contributed by atoms with E-state index in [-0.39, 0.29) is 6.73 Å². The summed E-state index contributed by atoms with van der Waals surface area (Å²) in [6.07, 6.45) is 3.48. The molecule has 4 heteroatoms. The van der Waals surface area contributed by atoms with Crippen molar-refractivity contribution in [1.29, 1.82) is 0 Å². The average molecular weight is 159 g/mol. The number of unbranched alkanes of at least 4 members (excludes halogenated alkanes) is 2. The molecule has 0 aromatic carbocycles. The smallest absolute Gasteiger partial charge is 0.133 e. The summed E-state index contributed by atoms with van der Waals surface area (Å²) in [5, 5.41) is 17.5. The van der Waals surface area contributed by atoms with Crippen LogP contribution < -0.4 is 0 Å². The van der Waals surface area contributed by atoms with E-state index in [0.29, 0.717) is 0 Å². The Bertz CT molecular complexity index is 106. The first-order valence-electron chi connectivity index (χ1n) is 4.00. The lowest BCUT2D eigenvalue weighted by Gasteiger charge is -2.04. The zero-order valence-corrected chi connectivity index (χ0v) is 7.32. The van der Waals surface area contributed by atoms with E-state index in [1.165, 1.54) is 17.9 Å². The van der Waals surface area contributed by atoms with Crippen LogP contribution in [-0.2, 0) is 0 Å². The summed E-state index contributed by atoms with van der Waals surface area (Å²) >= 11 is 0. The normalized spacial score (nSPS) is 10.8. The Balaban J connectivity index is 3.15. The molecule has 0 atom stereocenters. The lowest BCUT2D eigenvalue weighted by Crippen LogP contribution is -2.10. The highest BCUT2D eigenvalue weighted by Gasteiger charge is 1.86. The lowest BCUT2D eigenvalue weighted by atomic mass is 10.3. The van der Waals surface area contributed by atoms with Crippen molar-refractivity contribution in [3.05, 3.63) is 0 Å². The Kier molecular flexibility index (Phi) is 7.03. The van der Waals surface area contributed by atoms with Gasteiger partial charge in [0, 0.05) is 7.05 Å². The van der Waals surface area contributed by atoms with Crippen molar-refractivity contribution in [2.45, 2.75) is 26.2 Å². The summed E-state index contributed by atoms with van der Waals surface area (Å²) in [6, 6.07) is 0. The second-order valence-corrected chi connectivity index (χ2v) is 2.46. The van der Waals surface area contributed by atoms with Crippen molar-refractivity contribution in [2.24, 2.45) is 10.3 Å². The van der Waals surface area contributed by atoms with Crippen LogP contribution in [0.15, 0.2) is 10.3 Å². The van der Waals surface area contributed by atoms with Crippen LogP contribution in [0.5, 0.6) is 0 Å². The van der Waals surface area contributed by atoms with Crippen LogP contribution in [0.3, 0.4) is 0 Å². The minimum Gasteiger partial charge on any atom is -0.375 e. The summed E-state index contributed by atoms with van der Waals surface area (Å²) in [4.78, 5) is 0. The zero-order chi connectivity index (χ0) is 8.53. The van der Waals surface area contributed by atoms with Gasteiger partial charge >= 0.3 is 0 Å². The van der Waals surface area contributed by atoms with E-state index in [1.54, 1.807) is 7.05 Å². The molecule has 11 heavy (non-hydrogen) atoms. The van der Waals surface area contributed by atoms with Crippen molar-refractivity contribution in [1.82, 2.24) is 5.01 Å². The van der Waals surface area contributed by atoms with E-state index < -0.39 is 0 Å². The zero-order valence-electron chi connectivity index (χ0n) is 7.32. The predicted molar refractivity (Wildman–Crippen MR) is 44.1 cm³/mol. The Labute approximate surface area is 67.9 Å². The second kappa shape index (κ2) is 7.47. The molecule has 4 nitrogen and oxygen atoms in total. The molecular formula is C7H17N3O. The van der Waals surface area contributed by atoms with Gasteiger partial charge in [-0.1, -0.05) is 25.0 Å². The molecule has 0 amide bonds. The van der Waals surface area contributed by atoms with Crippen LogP contribution >= 0.6 is 0 Å². The molecule has 0 aromatic rings. The first kappa shape index (κ1) is 10.4. The maximum Gasteiger partial charge on any atom is 0.133 e. The topological polar surface area (TPSA) is 48.2 Å². The standard InChI is InChI=1S/C7H17N3O/c1-3-4-5-6-8-9-10(2)7-11/h11H,3-7H2,1-2H3/b9-8-. The molecule has 0 aromatic heterocycles.